The number of carbonyl (C=O) groups excluding carboxylic acids is 1. The number of rotatable bonds is 2. The maximum atomic E-state index is 12.7. The standard InChI is InChI=1S/C18H15ClF3NO/c19-10-17(24)23-8-7-13-1-2-14(9-15(13)11-23)12-3-5-16(6-4-12)18(20,21)22/h1-6,9H,7-8,10-11H2. The molecule has 1 amide bonds. The Kier molecular flexibility index (Phi) is 4.54. The first kappa shape index (κ1) is 16.8. The highest BCUT2D eigenvalue weighted by molar-refractivity contribution is 6.27. The Morgan fingerprint density at radius 2 is 1.71 bits per heavy atom. The summed E-state index contributed by atoms with van der Waals surface area (Å²) in [6, 6.07) is 10.9. The van der Waals surface area contributed by atoms with Gasteiger partial charge in [0.2, 0.25) is 5.91 Å². The van der Waals surface area contributed by atoms with Crippen LogP contribution in [0.3, 0.4) is 0 Å². The van der Waals surface area contributed by atoms with Gasteiger partial charge in [-0.25, -0.2) is 0 Å². The highest BCUT2D eigenvalue weighted by Gasteiger charge is 2.30. The molecule has 126 valence electrons. The number of hydrogen-bond acceptors (Lipinski definition) is 1. The summed E-state index contributed by atoms with van der Waals surface area (Å²) < 4.78 is 38.0. The number of hydrogen-bond donors (Lipinski definition) is 0. The zero-order valence-electron chi connectivity index (χ0n) is 12.7. The molecule has 1 aliphatic heterocycles. The van der Waals surface area contributed by atoms with Gasteiger partial charge in [0.15, 0.2) is 0 Å². The maximum Gasteiger partial charge on any atom is 0.416 e. The first-order valence-corrected chi connectivity index (χ1v) is 8.05. The molecule has 3 rings (SSSR count). The lowest BCUT2D eigenvalue weighted by atomic mass is 9.94. The van der Waals surface area contributed by atoms with Crippen molar-refractivity contribution in [3.05, 3.63) is 59.2 Å². The van der Waals surface area contributed by atoms with E-state index in [2.05, 4.69) is 0 Å². The first-order valence-electron chi connectivity index (χ1n) is 7.51. The average Bonchev–Trinajstić information content (AvgIpc) is 2.59. The molecule has 0 fully saturated rings. The SMILES string of the molecule is O=C(CCl)N1CCc2ccc(-c3ccc(C(F)(F)F)cc3)cc2C1. The van der Waals surface area contributed by atoms with Gasteiger partial charge in [-0.05, 0) is 46.9 Å². The maximum absolute atomic E-state index is 12.7. The van der Waals surface area contributed by atoms with E-state index in [0.29, 0.717) is 18.7 Å². The Bertz CT molecular complexity index is 756. The van der Waals surface area contributed by atoms with Crippen LogP contribution in [0.25, 0.3) is 11.1 Å². The summed E-state index contributed by atoms with van der Waals surface area (Å²) in [6.45, 7) is 1.12. The Hall–Kier alpha value is -2.01. The van der Waals surface area contributed by atoms with Crippen molar-refractivity contribution in [1.29, 1.82) is 0 Å². The largest absolute Gasteiger partial charge is 0.416 e. The molecule has 0 spiro atoms. The topological polar surface area (TPSA) is 20.3 Å². The van der Waals surface area contributed by atoms with Crippen LogP contribution < -0.4 is 0 Å². The van der Waals surface area contributed by atoms with Crippen LogP contribution in [0.4, 0.5) is 13.2 Å². The Labute approximate surface area is 142 Å². The summed E-state index contributed by atoms with van der Waals surface area (Å²) in [4.78, 5) is 13.5. The van der Waals surface area contributed by atoms with Crippen LogP contribution in [0, 0.1) is 0 Å². The average molecular weight is 354 g/mol. The Morgan fingerprint density at radius 1 is 1.04 bits per heavy atom. The molecule has 0 aromatic heterocycles. The van der Waals surface area contributed by atoms with Crippen molar-refractivity contribution in [1.82, 2.24) is 4.90 Å². The fourth-order valence-electron chi connectivity index (χ4n) is 2.89. The molecule has 1 heterocycles. The molecule has 0 radical (unpaired) electrons. The normalized spacial score (nSPS) is 14.4. The Balaban J connectivity index is 1.87. The number of fused-ring (bicyclic) bond motifs is 1. The minimum absolute atomic E-state index is 0.0477. The smallest absolute Gasteiger partial charge is 0.337 e. The van der Waals surface area contributed by atoms with E-state index in [1.54, 1.807) is 4.90 Å². The third kappa shape index (κ3) is 3.41. The lowest BCUT2D eigenvalue weighted by Gasteiger charge is -2.28. The van der Waals surface area contributed by atoms with E-state index in [4.69, 9.17) is 11.6 Å². The van der Waals surface area contributed by atoms with Gasteiger partial charge in [-0.3, -0.25) is 4.79 Å². The van der Waals surface area contributed by atoms with Gasteiger partial charge < -0.3 is 4.90 Å². The fourth-order valence-corrected chi connectivity index (χ4v) is 3.05. The zero-order chi connectivity index (χ0) is 17.3. The van der Waals surface area contributed by atoms with Crippen LogP contribution in [0.1, 0.15) is 16.7 Å². The Morgan fingerprint density at radius 3 is 2.33 bits per heavy atom. The zero-order valence-corrected chi connectivity index (χ0v) is 13.5. The van der Waals surface area contributed by atoms with E-state index in [0.717, 1.165) is 35.2 Å². The van der Waals surface area contributed by atoms with Crippen LogP contribution in [-0.4, -0.2) is 23.2 Å². The lowest BCUT2D eigenvalue weighted by molar-refractivity contribution is -0.137. The molecule has 0 atom stereocenters. The van der Waals surface area contributed by atoms with Gasteiger partial charge in [0.05, 0.1) is 5.56 Å². The minimum Gasteiger partial charge on any atom is -0.337 e. The van der Waals surface area contributed by atoms with Gasteiger partial charge in [0, 0.05) is 13.1 Å². The van der Waals surface area contributed by atoms with E-state index < -0.39 is 11.7 Å². The predicted octanol–water partition coefficient (Wildman–Crippen LogP) is 4.50. The molecule has 0 bridgehead atoms. The second-order valence-electron chi connectivity index (χ2n) is 5.76. The molecule has 24 heavy (non-hydrogen) atoms. The molecule has 0 saturated heterocycles. The van der Waals surface area contributed by atoms with Crippen LogP contribution in [0.15, 0.2) is 42.5 Å². The first-order chi connectivity index (χ1) is 11.4. The van der Waals surface area contributed by atoms with Crippen molar-refractivity contribution in [2.75, 3.05) is 12.4 Å². The second kappa shape index (κ2) is 6.48. The number of benzene rings is 2. The summed E-state index contributed by atoms with van der Waals surface area (Å²) in [7, 11) is 0. The summed E-state index contributed by atoms with van der Waals surface area (Å²) in [5.41, 5.74) is 3.05. The van der Waals surface area contributed by atoms with Gasteiger partial charge in [-0.2, -0.15) is 13.2 Å². The molecule has 2 aromatic rings. The van der Waals surface area contributed by atoms with Crippen LogP contribution in [0.2, 0.25) is 0 Å². The van der Waals surface area contributed by atoms with Crippen LogP contribution in [-0.2, 0) is 23.9 Å². The molecule has 2 nitrogen and oxygen atoms in total. The lowest BCUT2D eigenvalue weighted by Crippen LogP contribution is -2.36. The second-order valence-corrected chi connectivity index (χ2v) is 6.02. The van der Waals surface area contributed by atoms with Gasteiger partial charge in [-0.15, -0.1) is 11.6 Å². The molecule has 6 heteroatoms. The number of halogens is 4. The highest BCUT2D eigenvalue weighted by atomic mass is 35.5. The van der Waals surface area contributed by atoms with Crippen LogP contribution >= 0.6 is 11.6 Å². The van der Waals surface area contributed by atoms with Gasteiger partial charge >= 0.3 is 6.18 Å². The van der Waals surface area contributed by atoms with Crippen molar-refractivity contribution >= 4 is 17.5 Å². The van der Waals surface area contributed by atoms with Crippen molar-refractivity contribution in [3.63, 3.8) is 0 Å². The van der Waals surface area contributed by atoms with Gasteiger partial charge in [-0.1, -0.05) is 24.3 Å². The molecule has 1 aliphatic rings. The van der Waals surface area contributed by atoms with Crippen LogP contribution in [0.5, 0.6) is 0 Å². The number of nitrogens with zero attached hydrogens (tertiary/aromatic N) is 1. The molecule has 0 saturated carbocycles. The summed E-state index contributed by atoms with van der Waals surface area (Å²) in [5, 5.41) is 0. The minimum atomic E-state index is -4.34. The van der Waals surface area contributed by atoms with E-state index in [9.17, 15) is 18.0 Å². The quantitative estimate of drug-likeness (QED) is 0.728. The third-order valence-corrected chi connectivity index (χ3v) is 4.46. The molecule has 2 aromatic carbocycles. The molecule has 0 N–H and O–H groups in total. The van der Waals surface area contributed by atoms with Crippen molar-refractivity contribution in [3.8, 4) is 11.1 Å². The number of alkyl halides is 4. The van der Waals surface area contributed by atoms with Crippen molar-refractivity contribution in [2.45, 2.75) is 19.1 Å². The molecule has 0 unspecified atom stereocenters. The van der Waals surface area contributed by atoms with Crippen molar-refractivity contribution in [2.24, 2.45) is 0 Å². The van der Waals surface area contributed by atoms with E-state index in [1.807, 2.05) is 18.2 Å². The molecular formula is C18H15ClF3NO. The predicted molar refractivity (Wildman–Crippen MR) is 86.7 cm³/mol. The van der Waals surface area contributed by atoms with E-state index >= 15 is 0 Å². The summed E-state index contributed by atoms with van der Waals surface area (Å²) in [5.74, 6) is -0.157. The van der Waals surface area contributed by atoms with E-state index in [-0.39, 0.29) is 11.8 Å². The van der Waals surface area contributed by atoms with E-state index in [1.165, 1.54) is 12.1 Å². The third-order valence-electron chi connectivity index (χ3n) is 4.23. The van der Waals surface area contributed by atoms with Gasteiger partial charge in [0.1, 0.15) is 5.88 Å². The molecule has 0 aliphatic carbocycles. The number of carbonyl (C=O) groups is 1. The fraction of sp³-hybridized carbons (Fsp3) is 0.278. The summed E-state index contributed by atoms with van der Waals surface area (Å²) >= 11 is 5.61. The van der Waals surface area contributed by atoms with Crippen molar-refractivity contribution < 1.29 is 18.0 Å². The van der Waals surface area contributed by atoms with Gasteiger partial charge in [0.25, 0.3) is 0 Å². The monoisotopic (exact) mass is 353 g/mol. The summed E-state index contributed by atoms with van der Waals surface area (Å²) in [6.07, 6.45) is -3.58. The highest BCUT2D eigenvalue weighted by Crippen LogP contribution is 2.32. The molecular weight excluding hydrogens is 339 g/mol. The number of amides is 1.